The Hall–Kier alpha value is -4.40. The molecule has 3 heterocycles. The first-order valence-corrected chi connectivity index (χ1v) is 22.5. The second-order valence-corrected chi connectivity index (χ2v) is 20.0. The number of carbonyl (C=O) groups is 4. The number of hydrogen-bond acceptors (Lipinski definition) is 10. The fourth-order valence-corrected chi connectivity index (χ4v) is 10.3. The number of nitrogens with zero attached hydrogens (tertiary/aromatic N) is 2. The minimum absolute atomic E-state index is 0. The van der Waals surface area contributed by atoms with Crippen molar-refractivity contribution < 1.29 is 47.5 Å². The maximum absolute atomic E-state index is 14.1. The first kappa shape index (κ1) is 41.7. The second kappa shape index (κ2) is 16.7. The number of rotatable bonds is 8. The van der Waals surface area contributed by atoms with Gasteiger partial charge in [-0.1, -0.05) is 26.0 Å². The number of allylic oxidation sites excluding steroid dienone is 1. The van der Waals surface area contributed by atoms with E-state index >= 15 is 0 Å². The van der Waals surface area contributed by atoms with E-state index in [0.717, 1.165) is 60.5 Å². The Morgan fingerprint density at radius 3 is 2.50 bits per heavy atom. The average molecular weight is 830 g/mol. The van der Waals surface area contributed by atoms with Crippen LogP contribution in [0.4, 0.5) is 4.79 Å². The van der Waals surface area contributed by atoms with Crippen molar-refractivity contribution in [1.29, 1.82) is 0 Å². The molecule has 1 aromatic carbocycles. The molecule has 1 saturated heterocycles. The summed E-state index contributed by atoms with van der Waals surface area (Å²) in [4.78, 5) is 58.4. The summed E-state index contributed by atoms with van der Waals surface area (Å²) in [5.41, 5.74) is -1.41. The van der Waals surface area contributed by atoms with E-state index in [2.05, 4.69) is 34.2 Å². The molecule has 2 aliphatic heterocycles. The topological polar surface area (TPSA) is 182 Å². The Labute approximate surface area is 347 Å². The molecule has 6 aliphatic rings. The van der Waals surface area contributed by atoms with Crippen LogP contribution >= 0.6 is 0 Å². The highest BCUT2D eigenvalue weighted by Crippen LogP contribution is 2.52. The van der Waals surface area contributed by atoms with Crippen LogP contribution in [-0.4, -0.2) is 90.9 Å². The highest BCUT2D eigenvalue weighted by Gasteiger charge is 2.63. The smallest absolute Gasteiger partial charge is 0.407 e. The van der Waals surface area contributed by atoms with E-state index in [0.29, 0.717) is 31.2 Å². The van der Waals surface area contributed by atoms with Gasteiger partial charge < -0.3 is 29.7 Å². The number of aromatic nitrogens is 1. The fourth-order valence-electron chi connectivity index (χ4n) is 9.02. The van der Waals surface area contributed by atoms with Crippen LogP contribution in [0, 0.1) is 29.6 Å². The number of amides is 4. The van der Waals surface area contributed by atoms with Crippen LogP contribution in [0.2, 0.25) is 0 Å². The summed E-state index contributed by atoms with van der Waals surface area (Å²) in [6.45, 7) is 8.50. The average Bonchev–Trinajstić information content (AvgIpc) is 4.13. The molecule has 15 heteroatoms. The summed E-state index contributed by atoms with van der Waals surface area (Å²) in [5, 5.41) is 7.07. The molecule has 8 rings (SSSR count). The SMILES string of the molecule is CCOc1ccc2c(O[C@@H]3C[C@H]4C(=O)N[C@]5(C(=O)NS(=O)(=O)C6(C)CC6)C[C@H]5/C=C\CC[C@@H](C)C[C@@H](C)CC(=O)N4C3)nccc2c1.CNC(=O)OC1CC2C[C@@H]2C1.[HH].[HH].[HH].[HH]. The van der Waals surface area contributed by atoms with E-state index in [1.165, 1.54) is 6.42 Å². The van der Waals surface area contributed by atoms with Gasteiger partial charge in [0.25, 0.3) is 5.91 Å². The summed E-state index contributed by atoms with van der Waals surface area (Å²) in [6.07, 6.45) is 12.9. The van der Waals surface area contributed by atoms with Gasteiger partial charge in [-0.25, -0.2) is 18.2 Å². The Morgan fingerprint density at radius 2 is 1.79 bits per heavy atom. The lowest BCUT2D eigenvalue weighted by Gasteiger charge is -2.28. The molecule has 9 atom stereocenters. The monoisotopic (exact) mass is 829 g/mol. The summed E-state index contributed by atoms with van der Waals surface area (Å²) in [6, 6.07) is 6.64. The number of ether oxygens (including phenoxy) is 3. The predicted molar refractivity (Wildman–Crippen MR) is 226 cm³/mol. The van der Waals surface area contributed by atoms with Gasteiger partial charge in [-0.2, -0.15) is 0 Å². The molecule has 3 N–H and O–H groups in total. The van der Waals surface area contributed by atoms with E-state index in [9.17, 15) is 27.6 Å². The Morgan fingerprint density at radius 1 is 1.03 bits per heavy atom. The lowest BCUT2D eigenvalue weighted by atomic mass is 9.91. The Balaban J connectivity index is 0.000000592. The quantitative estimate of drug-likeness (QED) is 0.253. The van der Waals surface area contributed by atoms with Crippen LogP contribution in [0.3, 0.4) is 0 Å². The number of pyridine rings is 1. The molecule has 14 nitrogen and oxygen atoms in total. The van der Waals surface area contributed by atoms with Gasteiger partial charge in [0, 0.05) is 43.1 Å². The highest BCUT2D eigenvalue weighted by atomic mass is 32.2. The Bertz CT molecular complexity index is 2050. The number of alkyl carbamates (subject to hydrolysis) is 1. The van der Waals surface area contributed by atoms with Crippen molar-refractivity contribution in [3.05, 3.63) is 42.6 Å². The van der Waals surface area contributed by atoms with E-state index in [1.807, 2.05) is 43.3 Å². The maximum atomic E-state index is 14.1. The van der Waals surface area contributed by atoms with E-state index in [4.69, 9.17) is 14.2 Å². The molecule has 2 aromatic rings. The summed E-state index contributed by atoms with van der Waals surface area (Å²) in [5.74, 6) is 1.68. The lowest BCUT2D eigenvalue weighted by molar-refractivity contribution is -0.140. The number of fused-ring (bicyclic) bond motifs is 4. The minimum Gasteiger partial charge on any atom is -0.494 e. The standard InChI is InChI=1S/C35H46N4O7S.C8H13NO2.4H2/c1-5-45-26-10-11-28-24(18-26)12-15-36-32(28)46-27-19-29-31(41)37-35(33(42)38-47(43,44)34(4)13-14-34)20-25(35)9-7-6-8-22(2)16-23(3)17-30(40)39(29)21-27;1-9-8(10)11-7-3-5-2-6(5)4-7;;;;/h7,9-12,15,18,22-23,25,27,29H,5-6,8,13-14,16-17,19-21H2,1-4H3,(H,37,41)(H,38,42);5-7H,2-4H2,1H3,(H,9,10);4*1H/b9-7-;;;;;/t22-,23-,25-,27-,29+,35-;5-,6?,7?;;;;/m11..../s1. The zero-order valence-electron chi connectivity index (χ0n) is 34.3. The first-order valence-electron chi connectivity index (χ1n) is 21.0. The molecule has 1 aromatic heterocycles. The number of hydrogen-bond donors (Lipinski definition) is 3. The molecule has 2 unspecified atom stereocenters. The molecule has 4 saturated carbocycles. The second-order valence-electron chi connectivity index (χ2n) is 17.8. The van der Waals surface area contributed by atoms with Gasteiger partial charge in [0.2, 0.25) is 27.7 Å². The van der Waals surface area contributed by atoms with Gasteiger partial charge in [-0.15, -0.1) is 0 Å². The highest BCUT2D eigenvalue weighted by molar-refractivity contribution is 7.91. The minimum atomic E-state index is -3.91. The van der Waals surface area contributed by atoms with Crippen molar-refractivity contribution >= 4 is 44.6 Å². The summed E-state index contributed by atoms with van der Waals surface area (Å²) in [7, 11) is -2.32. The molecule has 0 spiro atoms. The third-order valence-electron chi connectivity index (χ3n) is 13.0. The molecular weight excluding hydrogens is 763 g/mol. The van der Waals surface area contributed by atoms with Gasteiger partial charge in [-0.05, 0) is 125 Å². The third kappa shape index (κ3) is 9.24. The fraction of sp³-hybridized carbons (Fsp3) is 0.651. The normalized spacial score (nSPS) is 32.9. The van der Waals surface area contributed by atoms with Gasteiger partial charge >= 0.3 is 6.09 Å². The van der Waals surface area contributed by atoms with Crippen molar-refractivity contribution in [3.63, 3.8) is 0 Å². The largest absolute Gasteiger partial charge is 0.494 e. The number of nitrogens with one attached hydrogen (secondary N) is 3. The molecule has 324 valence electrons. The van der Waals surface area contributed by atoms with Crippen molar-refractivity contribution in [2.24, 2.45) is 29.6 Å². The van der Waals surface area contributed by atoms with Crippen LogP contribution in [0.25, 0.3) is 10.8 Å². The molecular formula is C43H67N5O9S. The molecule has 5 fully saturated rings. The van der Waals surface area contributed by atoms with Crippen LogP contribution in [0.5, 0.6) is 11.6 Å². The predicted octanol–water partition coefficient (Wildman–Crippen LogP) is 6.38. The van der Waals surface area contributed by atoms with Crippen LogP contribution in [-0.2, 0) is 29.1 Å². The van der Waals surface area contributed by atoms with Crippen molar-refractivity contribution in [3.8, 4) is 11.6 Å². The van der Waals surface area contributed by atoms with Gasteiger partial charge in [-0.3, -0.25) is 19.1 Å². The number of benzene rings is 1. The zero-order valence-corrected chi connectivity index (χ0v) is 35.1. The first-order chi connectivity index (χ1) is 27.6. The molecule has 0 bridgehead atoms. The molecule has 58 heavy (non-hydrogen) atoms. The third-order valence-corrected chi connectivity index (χ3v) is 15.1. The van der Waals surface area contributed by atoms with Crippen LogP contribution in [0.1, 0.15) is 104 Å². The molecule has 4 amide bonds. The number of sulfonamides is 1. The van der Waals surface area contributed by atoms with Crippen LogP contribution in [0.15, 0.2) is 42.6 Å². The van der Waals surface area contributed by atoms with Crippen LogP contribution < -0.4 is 24.8 Å². The van der Waals surface area contributed by atoms with E-state index in [-0.39, 0.29) is 61.5 Å². The van der Waals surface area contributed by atoms with Gasteiger partial charge in [0.05, 0.1) is 17.9 Å². The maximum Gasteiger partial charge on any atom is 0.407 e. The van der Waals surface area contributed by atoms with E-state index < -0.39 is 44.3 Å². The zero-order chi connectivity index (χ0) is 41.4. The number of carbonyl (C=O) groups excluding carboxylic acids is 4. The van der Waals surface area contributed by atoms with Gasteiger partial charge in [0.1, 0.15) is 29.5 Å². The molecule has 4 aliphatic carbocycles. The van der Waals surface area contributed by atoms with E-state index in [1.54, 1.807) is 25.1 Å². The molecule has 0 radical (unpaired) electrons. The Kier molecular flexibility index (Phi) is 12.0. The van der Waals surface area contributed by atoms with Crippen molar-refractivity contribution in [1.82, 2.24) is 25.2 Å². The van der Waals surface area contributed by atoms with Gasteiger partial charge in [0.15, 0.2) is 0 Å². The summed E-state index contributed by atoms with van der Waals surface area (Å²) < 4.78 is 44.5. The van der Waals surface area contributed by atoms with Crippen molar-refractivity contribution in [2.75, 3.05) is 20.2 Å². The summed E-state index contributed by atoms with van der Waals surface area (Å²) >= 11 is 0. The van der Waals surface area contributed by atoms with Crippen molar-refractivity contribution in [2.45, 2.75) is 127 Å². The lowest BCUT2D eigenvalue weighted by Crippen LogP contribution is -2.57.